The van der Waals surface area contributed by atoms with Crippen molar-refractivity contribution in [2.45, 2.75) is 45.1 Å². The lowest BCUT2D eigenvalue weighted by molar-refractivity contribution is 0.194. The topological polar surface area (TPSA) is 32.5 Å². The molecule has 2 N–H and O–H groups in total. The molecule has 0 aromatic heterocycles. The molecule has 1 saturated heterocycles. The van der Waals surface area contributed by atoms with E-state index in [1.165, 1.54) is 64.8 Å². The van der Waals surface area contributed by atoms with Crippen LogP contribution in [0.2, 0.25) is 0 Å². The van der Waals surface area contributed by atoms with E-state index in [0.29, 0.717) is 5.92 Å². The van der Waals surface area contributed by atoms with Crippen LogP contribution < -0.4 is 5.73 Å². The van der Waals surface area contributed by atoms with E-state index >= 15 is 0 Å². The van der Waals surface area contributed by atoms with E-state index in [1.807, 2.05) is 0 Å². The fourth-order valence-corrected chi connectivity index (χ4v) is 3.32. The minimum absolute atomic E-state index is 0.646. The summed E-state index contributed by atoms with van der Waals surface area (Å²) in [6.45, 7) is 9.39. The summed E-state index contributed by atoms with van der Waals surface area (Å²) in [5, 5.41) is 0. The minimum Gasteiger partial charge on any atom is -0.330 e. The van der Waals surface area contributed by atoms with Gasteiger partial charge in [0.1, 0.15) is 0 Å². The highest BCUT2D eigenvalue weighted by atomic mass is 15.2. The van der Waals surface area contributed by atoms with E-state index in [2.05, 4.69) is 16.7 Å². The molecule has 0 spiro atoms. The molecule has 2 fully saturated rings. The summed E-state index contributed by atoms with van der Waals surface area (Å²) in [4.78, 5) is 5.37. The molecule has 3 nitrogen and oxygen atoms in total. The maximum absolute atomic E-state index is 5.72. The molecule has 1 aliphatic carbocycles. The van der Waals surface area contributed by atoms with Gasteiger partial charge in [-0.2, -0.15) is 0 Å². The third kappa shape index (κ3) is 3.94. The highest BCUT2D eigenvalue weighted by Crippen LogP contribution is 2.24. The molecular weight excluding hydrogens is 210 g/mol. The molecule has 0 bridgehead atoms. The van der Waals surface area contributed by atoms with Gasteiger partial charge in [-0.1, -0.05) is 19.8 Å². The standard InChI is InChI=1S/C14H29N3/c1-13(11-15)12-16-7-4-8-17(10-9-16)14-5-2-3-6-14/h13-14H,2-12,15H2,1H3. The molecule has 1 saturated carbocycles. The Balaban J connectivity index is 1.76. The zero-order valence-electron chi connectivity index (χ0n) is 11.4. The van der Waals surface area contributed by atoms with Gasteiger partial charge in [-0.05, 0) is 44.8 Å². The molecule has 1 atom stereocenters. The van der Waals surface area contributed by atoms with Gasteiger partial charge in [0.15, 0.2) is 0 Å². The Hall–Kier alpha value is -0.120. The summed E-state index contributed by atoms with van der Waals surface area (Å²) in [7, 11) is 0. The van der Waals surface area contributed by atoms with Gasteiger partial charge in [0.2, 0.25) is 0 Å². The highest BCUT2D eigenvalue weighted by molar-refractivity contribution is 4.80. The zero-order chi connectivity index (χ0) is 12.1. The summed E-state index contributed by atoms with van der Waals surface area (Å²) >= 11 is 0. The van der Waals surface area contributed by atoms with Crippen molar-refractivity contribution in [1.82, 2.24) is 9.80 Å². The van der Waals surface area contributed by atoms with Crippen LogP contribution in [0.5, 0.6) is 0 Å². The van der Waals surface area contributed by atoms with Crippen molar-refractivity contribution in [2.75, 3.05) is 39.3 Å². The lowest BCUT2D eigenvalue weighted by atomic mass is 10.1. The van der Waals surface area contributed by atoms with Crippen LogP contribution >= 0.6 is 0 Å². The fourth-order valence-electron chi connectivity index (χ4n) is 3.32. The number of hydrogen-bond donors (Lipinski definition) is 1. The van der Waals surface area contributed by atoms with Crippen molar-refractivity contribution in [3.63, 3.8) is 0 Å². The van der Waals surface area contributed by atoms with Gasteiger partial charge in [-0.25, -0.2) is 0 Å². The predicted molar refractivity (Wildman–Crippen MR) is 73.1 cm³/mol. The van der Waals surface area contributed by atoms with Crippen LogP contribution in [0.3, 0.4) is 0 Å². The molecule has 1 heterocycles. The smallest absolute Gasteiger partial charge is 0.0112 e. The van der Waals surface area contributed by atoms with Crippen LogP contribution in [-0.2, 0) is 0 Å². The average Bonchev–Trinajstić information content (AvgIpc) is 2.77. The van der Waals surface area contributed by atoms with Crippen LogP contribution in [0.4, 0.5) is 0 Å². The molecule has 1 unspecified atom stereocenters. The first-order valence-corrected chi connectivity index (χ1v) is 7.46. The van der Waals surface area contributed by atoms with E-state index in [0.717, 1.165) is 12.6 Å². The van der Waals surface area contributed by atoms with Crippen LogP contribution in [0.1, 0.15) is 39.0 Å². The van der Waals surface area contributed by atoms with Gasteiger partial charge in [0.25, 0.3) is 0 Å². The molecule has 0 radical (unpaired) electrons. The first kappa shape index (κ1) is 13.3. The summed E-state index contributed by atoms with van der Waals surface area (Å²) in [5.74, 6) is 0.646. The molecule has 2 rings (SSSR count). The van der Waals surface area contributed by atoms with Crippen LogP contribution in [-0.4, -0.2) is 55.1 Å². The first-order valence-electron chi connectivity index (χ1n) is 7.46. The lowest BCUT2D eigenvalue weighted by Gasteiger charge is -2.27. The molecule has 100 valence electrons. The van der Waals surface area contributed by atoms with E-state index in [4.69, 9.17) is 5.73 Å². The van der Waals surface area contributed by atoms with Crippen molar-refractivity contribution in [1.29, 1.82) is 0 Å². The molecule has 0 aromatic rings. The van der Waals surface area contributed by atoms with Crippen molar-refractivity contribution in [3.8, 4) is 0 Å². The number of hydrogen-bond acceptors (Lipinski definition) is 3. The Bertz CT molecular complexity index is 214. The maximum atomic E-state index is 5.72. The fraction of sp³-hybridized carbons (Fsp3) is 1.00. The summed E-state index contributed by atoms with van der Waals surface area (Å²) in [6, 6.07) is 0.905. The predicted octanol–water partition coefficient (Wildman–Crippen LogP) is 1.53. The van der Waals surface area contributed by atoms with Gasteiger partial charge in [-0.3, -0.25) is 4.90 Å². The third-order valence-electron chi connectivity index (χ3n) is 4.44. The Morgan fingerprint density at radius 1 is 1.06 bits per heavy atom. The van der Waals surface area contributed by atoms with Crippen molar-refractivity contribution in [3.05, 3.63) is 0 Å². The molecule has 3 heteroatoms. The van der Waals surface area contributed by atoms with E-state index < -0.39 is 0 Å². The monoisotopic (exact) mass is 239 g/mol. The Morgan fingerprint density at radius 2 is 1.82 bits per heavy atom. The van der Waals surface area contributed by atoms with Crippen LogP contribution in [0, 0.1) is 5.92 Å². The van der Waals surface area contributed by atoms with E-state index in [-0.39, 0.29) is 0 Å². The molecule has 1 aliphatic heterocycles. The summed E-state index contributed by atoms with van der Waals surface area (Å²) in [6.07, 6.45) is 7.14. The van der Waals surface area contributed by atoms with Crippen molar-refractivity contribution >= 4 is 0 Å². The molecule has 2 aliphatic rings. The Labute approximate surface area is 106 Å². The molecule has 17 heavy (non-hydrogen) atoms. The number of nitrogens with two attached hydrogens (primary N) is 1. The summed E-state index contributed by atoms with van der Waals surface area (Å²) < 4.78 is 0. The van der Waals surface area contributed by atoms with Gasteiger partial charge >= 0.3 is 0 Å². The van der Waals surface area contributed by atoms with Crippen molar-refractivity contribution in [2.24, 2.45) is 11.7 Å². The second kappa shape index (κ2) is 6.72. The van der Waals surface area contributed by atoms with Crippen LogP contribution in [0.15, 0.2) is 0 Å². The highest BCUT2D eigenvalue weighted by Gasteiger charge is 2.24. The molecule has 0 amide bonds. The molecular formula is C14H29N3. The van der Waals surface area contributed by atoms with Gasteiger partial charge in [0, 0.05) is 25.7 Å². The van der Waals surface area contributed by atoms with Crippen LogP contribution in [0.25, 0.3) is 0 Å². The lowest BCUT2D eigenvalue weighted by Crippen LogP contribution is -2.38. The largest absolute Gasteiger partial charge is 0.330 e. The Kier molecular flexibility index (Phi) is 5.26. The van der Waals surface area contributed by atoms with E-state index in [1.54, 1.807) is 0 Å². The maximum Gasteiger partial charge on any atom is 0.0112 e. The first-order chi connectivity index (χ1) is 8.29. The van der Waals surface area contributed by atoms with Gasteiger partial charge in [-0.15, -0.1) is 0 Å². The normalized spacial score (nSPS) is 27.2. The van der Waals surface area contributed by atoms with Crippen molar-refractivity contribution < 1.29 is 0 Å². The number of rotatable bonds is 4. The number of nitrogens with zero attached hydrogens (tertiary/aromatic N) is 2. The quantitative estimate of drug-likeness (QED) is 0.807. The zero-order valence-corrected chi connectivity index (χ0v) is 11.4. The Morgan fingerprint density at radius 3 is 2.53 bits per heavy atom. The average molecular weight is 239 g/mol. The third-order valence-corrected chi connectivity index (χ3v) is 4.44. The molecule has 0 aromatic carbocycles. The van der Waals surface area contributed by atoms with E-state index in [9.17, 15) is 0 Å². The second-order valence-electron chi connectivity index (χ2n) is 5.97. The van der Waals surface area contributed by atoms with Gasteiger partial charge < -0.3 is 10.6 Å². The summed E-state index contributed by atoms with van der Waals surface area (Å²) in [5.41, 5.74) is 5.72. The minimum atomic E-state index is 0.646. The SMILES string of the molecule is CC(CN)CN1CCCN(C2CCCC2)CC1. The second-order valence-corrected chi connectivity index (χ2v) is 5.97. The van der Waals surface area contributed by atoms with Gasteiger partial charge in [0.05, 0.1) is 0 Å².